The summed E-state index contributed by atoms with van der Waals surface area (Å²) in [5.74, 6) is 2.31. The van der Waals surface area contributed by atoms with E-state index in [1.807, 2.05) is 27.7 Å². The Morgan fingerprint density at radius 1 is 0.620 bits per heavy atom. The summed E-state index contributed by atoms with van der Waals surface area (Å²) in [6, 6.07) is 28.7. The largest absolute Gasteiger partial charge is 0.494 e. The van der Waals surface area contributed by atoms with Crippen molar-refractivity contribution in [2.45, 2.75) is 135 Å². The molecule has 6 nitrogen and oxygen atoms in total. The first-order valence-electron chi connectivity index (χ1n) is 19.2. The van der Waals surface area contributed by atoms with E-state index < -0.39 is 11.6 Å². The highest BCUT2D eigenvalue weighted by Crippen LogP contribution is 2.39. The van der Waals surface area contributed by atoms with Gasteiger partial charge >= 0.3 is 0 Å². The minimum Gasteiger partial charge on any atom is -0.494 e. The molecule has 4 atom stereocenters. The predicted octanol–water partition coefficient (Wildman–Crippen LogP) is 10.8. The summed E-state index contributed by atoms with van der Waals surface area (Å²) >= 11 is 0. The molecular weight excluding hydrogens is 624 g/mol. The van der Waals surface area contributed by atoms with Crippen LogP contribution in [0.1, 0.15) is 128 Å². The highest BCUT2D eigenvalue weighted by molar-refractivity contribution is 5.39. The van der Waals surface area contributed by atoms with Crippen LogP contribution in [0.5, 0.6) is 11.5 Å². The average Bonchev–Trinajstić information content (AvgIpc) is 3.66. The van der Waals surface area contributed by atoms with Gasteiger partial charge in [0.2, 0.25) is 0 Å². The third-order valence-corrected chi connectivity index (χ3v) is 10.3. The first-order chi connectivity index (χ1) is 24.1. The second-order valence-corrected chi connectivity index (χ2v) is 15.4. The van der Waals surface area contributed by atoms with Crippen molar-refractivity contribution in [3.05, 3.63) is 95.6 Å². The van der Waals surface area contributed by atoms with Crippen molar-refractivity contribution >= 4 is 0 Å². The van der Waals surface area contributed by atoms with Gasteiger partial charge in [-0.05, 0) is 132 Å². The van der Waals surface area contributed by atoms with Gasteiger partial charge in [0.15, 0.2) is 11.6 Å². The number of hydrogen-bond acceptors (Lipinski definition) is 6. The Kier molecular flexibility index (Phi) is 14.2. The molecule has 4 unspecified atom stereocenters. The lowest BCUT2D eigenvalue weighted by Gasteiger charge is -2.27. The number of rotatable bonds is 20. The predicted molar refractivity (Wildman–Crippen MR) is 201 cm³/mol. The molecule has 0 aromatic heterocycles. The minimum atomic E-state index is -0.453. The maximum absolute atomic E-state index is 6.18. The Morgan fingerprint density at radius 2 is 1.10 bits per heavy atom. The van der Waals surface area contributed by atoms with E-state index in [2.05, 4.69) is 92.7 Å². The van der Waals surface area contributed by atoms with Gasteiger partial charge in [0.1, 0.15) is 11.5 Å². The SMILES string of the molecule is CCC(C)CC(CC(c1ccc(OCCCCC2COC(C)(C)O2)cc1)c1ccc(OCCCCC2COC(C)(C)O2)cc1)c1ccccc1. The van der Waals surface area contributed by atoms with E-state index in [9.17, 15) is 0 Å². The molecule has 50 heavy (non-hydrogen) atoms. The fourth-order valence-corrected chi connectivity index (χ4v) is 7.23. The molecule has 2 fully saturated rings. The van der Waals surface area contributed by atoms with E-state index in [4.69, 9.17) is 28.4 Å². The Hall–Kier alpha value is -2.90. The molecule has 0 amide bonds. The van der Waals surface area contributed by atoms with Gasteiger partial charge in [-0.15, -0.1) is 0 Å². The number of benzene rings is 3. The second kappa shape index (κ2) is 18.5. The number of hydrogen-bond donors (Lipinski definition) is 0. The van der Waals surface area contributed by atoms with Gasteiger partial charge in [0.25, 0.3) is 0 Å². The van der Waals surface area contributed by atoms with Gasteiger partial charge in [-0.1, -0.05) is 74.9 Å². The van der Waals surface area contributed by atoms with Crippen molar-refractivity contribution in [1.29, 1.82) is 0 Å². The third kappa shape index (κ3) is 12.1. The fraction of sp³-hybridized carbons (Fsp3) is 0.591. The number of ether oxygens (including phenoxy) is 6. The molecule has 5 rings (SSSR count). The van der Waals surface area contributed by atoms with Crippen LogP contribution in [0.4, 0.5) is 0 Å². The minimum absolute atomic E-state index is 0.188. The van der Waals surface area contributed by atoms with Crippen molar-refractivity contribution in [3.63, 3.8) is 0 Å². The van der Waals surface area contributed by atoms with E-state index in [0.29, 0.717) is 38.3 Å². The molecule has 3 aromatic rings. The van der Waals surface area contributed by atoms with Crippen molar-refractivity contribution in [3.8, 4) is 11.5 Å². The molecule has 2 saturated heterocycles. The summed E-state index contributed by atoms with van der Waals surface area (Å²) in [5, 5.41) is 0. The third-order valence-electron chi connectivity index (χ3n) is 10.3. The summed E-state index contributed by atoms with van der Waals surface area (Å²) in [6.45, 7) is 15.4. The lowest BCUT2D eigenvalue weighted by molar-refractivity contribution is -0.139. The highest BCUT2D eigenvalue weighted by atomic mass is 16.7. The Balaban J connectivity index is 1.20. The maximum atomic E-state index is 6.18. The molecule has 3 aromatic carbocycles. The molecule has 2 aliphatic heterocycles. The van der Waals surface area contributed by atoms with Crippen LogP contribution in [0.15, 0.2) is 78.9 Å². The first kappa shape index (κ1) is 38.3. The molecule has 274 valence electrons. The monoisotopic (exact) mass is 686 g/mol. The highest BCUT2D eigenvalue weighted by Gasteiger charge is 2.33. The van der Waals surface area contributed by atoms with E-state index in [0.717, 1.165) is 56.4 Å². The molecule has 2 aliphatic rings. The van der Waals surface area contributed by atoms with E-state index in [-0.39, 0.29) is 18.1 Å². The number of unbranched alkanes of at least 4 members (excludes halogenated alkanes) is 2. The van der Waals surface area contributed by atoms with Gasteiger partial charge in [-0.25, -0.2) is 0 Å². The molecule has 0 spiro atoms. The molecule has 0 radical (unpaired) electrons. The molecule has 0 saturated carbocycles. The molecule has 6 heteroatoms. The molecule has 0 bridgehead atoms. The molecule has 0 N–H and O–H groups in total. The van der Waals surface area contributed by atoms with Crippen molar-refractivity contribution in [1.82, 2.24) is 0 Å². The lowest BCUT2D eigenvalue weighted by Crippen LogP contribution is -2.21. The van der Waals surface area contributed by atoms with Gasteiger partial charge in [-0.3, -0.25) is 0 Å². The van der Waals surface area contributed by atoms with Crippen LogP contribution in [-0.4, -0.2) is 50.2 Å². The summed E-state index contributed by atoms with van der Waals surface area (Å²) in [4.78, 5) is 0. The zero-order chi connectivity index (χ0) is 35.4. The van der Waals surface area contributed by atoms with Crippen LogP contribution in [0.2, 0.25) is 0 Å². The van der Waals surface area contributed by atoms with E-state index in [1.165, 1.54) is 29.5 Å². The Bertz CT molecular complexity index is 1310. The van der Waals surface area contributed by atoms with Crippen molar-refractivity contribution in [2.24, 2.45) is 5.92 Å². The topological polar surface area (TPSA) is 55.4 Å². The lowest BCUT2D eigenvalue weighted by atomic mass is 9.77. The quantitative estimate of drug-likeness (QED) is 0.110. The van der Waals surface area contributed by atoms with Crippen LogP contribution in [0.3, 0.4) is 0 Å². The molecular formula is C44H62O6. The van der Waals surface area contributed by atoms with Crippen LogP contribution < -0.4 is 9.47 Å². The Labute approximate surface area is 302 Å². The summed E-state index contributed by atoms with van der Waals surface area (Å²) in [6.07, 6.45) is 9.89. The normalized spacial score (nSPS) is 21.5. The molecule has 2 heterocycles. The van der Waals surface area contributed by atoms with Gasteiger partial charge < -0.3 is 28.4 Å². The standard InChI is InChI=1S/C44H62O6/c1-7-33(2)29-37(34-15-9-8-10-16-34)30-42(35-19-23-38(24-20-35)45-27-13-11-17-40-31-47-43(3,4)49-40)36-21-25-39(26-22-36)46-28-14-12-18-41-32-48-44(5,6)50-41/h8-10,15-16,19-26,33,37,40-42H,7,11-14,17-18,27-32H2,1-6H3. The summed E-state index contributed by atoms with van der Waals surface area (Å²) in [5.41, 5.74) is 4.06. The first-order valence-corrected chi connectivity index (χ1v) is 19.2. The van der Waals surface area contributed by atoms with Gasteiger partial charge in [-0.2, -0.15) is 0 Å². The van der Waals surface area contributed by atoms with Crippen LogP contribution in [-0.2, 0) is 18.9 Å². The fourth-order valence-electron chi connectivity index (χ4n) is 7.23. The van der Waals surface area contributed by atoms with Crippen LogP contribution in [0.25, 0.3) is 0 Å². The van der Waals surface area contributed by atoms with Gasteiger partial charge in [0, 0.05) is 5.92 Å². The zero-order valence-corrected chi connectivity index (χ0v) is 31.5. The Morgan fingerprint density at radius 3 is 1.52 bits per heavy atom. The van der Waals surface area contributed by atoms with Gasteiger partial charge in [0.05, 0.1) is 38.6 Å². The molecule has 0 aliphatic carbocycles. The summed E-state index contributed by atoms with van der Waals surface area (Å²) in [7, 11) is 0. The summed E-state index contributed by atoms with van der Waals surface area (Å²) < 4.78 is 35.6. The van der Waals surface area contributed by atoms with E-state index in [1.54, 1.807) is 0 Å². The second-order valence-electron chi connectivity index (χ2n) is 15.4. The zero-order valence-electron chi connectivity index (χ0n) is 31.5. The van der Waals surface area contributed by atoms with Crippen molar-refractivity contribution in [2.75, 3.05) is 26.4 Å². The van der Waals surface area contributed by atoms with Crippen molar-refractivity contribution < 1.29 is 28.4 Å². The maximum Gasteiger partial charge on any atom is 0.163 e. The smallest absolute Gasteiger partial charge is 0.163 e. The van der Waals surface area contributed by atoms with Crippen LogP contribution >= 0.6 is 0 Å². The van der Waals surface area contributed by atoms with Crippen LogP contribution in [0, 0.1) is 5.92 Å². The average molecular weight is 687 g/mol. The van der Waals surface area contributed by atoms with E-state index >= 15 is 0 Å².